The normalized spacial score (nSPS) is 13.9. The summed E-state index contributed by atoms with van der Waals surface area (Å²) >= 11 is 0. The van der Waals surface area contributed by atoms with Gasteiger partial charge in [0, 0.05) is 22.5 Å². The van der Waals surface area contributed by atoms with Crippen molar-refractivity contribution in [2.24, 2.45) is 0 Å². The Morgan fingerprint density at radius 1 is 0.625 bits per heavy atom. The van der Waals surface area contributed by atoms with Crippen LogP contribution in [0.1, 0.15) is 43.4 Å². The lowest BCUT2D eigenvalue weighted by Crippen LogP contribution is -1.96. The molecular formula is C46H36N2. The molecule has 1 aliphatic carbocycles. The summed E-state index contributed by atoms with van der Waals surface area (Å²) in [7, 11) is 0. The topological polar surface area (TPSA) is 25.8 Å². The van der Waals surface area contributed by atoms with Crippen LogP contribution in [0, 0.1) is 0 Å². The molecule has 0 radical (unpaired) electrons. The minimum atomic E-state index is 0.861. The Labute approximate surface area is 282 Å². The lowest BCUT2D eigenvalue weighted by atomic mass is 9.85. The number of allylic oxidation sites excluding steroid dienone is 8. The van der Waals surface area contributed by atoms with Crippen LogP contribution in [-0.4, -0.2) is 9.97 Å². The zero-order valence-electron chi connectivity index (χ0n) is 27.3. The summed E-state index contributed by atoms with van der Waals surface area (Å²) in [6.45, 7) is 4.35. The van der Waals surface area contributed by atoms with Gasteiger partial charge in [0.25, 0.3) is 0 Å². The monoisotopic (exact) mass is 616 g/mol. The van der Waals surface area contributed by atoms with E-state index in [-0.39, 0.29) is 0 Å². The molecule has 0 unspecified atom stereocenters. The van der Waals surface area contributed by atoms with Gasteiger partial charge in [0.1, 0.15) is 0 Å². The minimum absolute atomic E-state index is 0.861. The minimum Gasteiger partial charge on any atom is -0.254 e. The van der Waals surface area contributed by atoms with Gasteiger partial charge in [0.2, 0.25) is 0 Å². The molecule has 2 heteroatoms. The molecule has 0 amide bonds. The Hall–Kier alpha value is -5.86. The van der Waals surface area contributed by atoms with Crippen LogP contribution in [0.3, 0.4) is 0 Å². The van der Waals surface area contributed by atoms with Crippen molar-refractivity contribution >= 4 is 49.3 Å². The van der Waals surface area contributed by atoms with Gasteiger partial charge < -0.3 is 0 Å². The highest BCUT2D eigenvalue weighted by molar-refractivity contribution is 6.24. The maximum absolute atomic E-state index is 5.25. The fraction of sp³-hybridized carbons (Fsp3) is 0.0870. The average Bonchev–Trinajstić information content (AvgIpc) is 3.55. The van der Waals surface area contributed by atoms with Gasteiger partial charge in [0.15, 0.2) is 0 Å². The summed E-state index contributed by atoms with van der Waals surface area (Å²) in [5.74, 6) is 0. The third kappa shape index (κ3) is 5.16. The lowest BCUT2D eigenvalue weighted by molar-refractivity contribution is 1.21. The summed E-state index contributed by atoms with van der Waals surface area (Å²) in [5.41, 5.74) is 14.3. The Morgan fingerprint density at radius 3 is 2.00 bits per heavy atom. The summed E-state index contributed by atoms with van der Waals surface area (Å²) in [5, 5.41) is 4.60. The first kappa shape index (κ1) is 29.5. The van der Waals surface area contributed by atoms with E-state index in [0.29, 0.717) is 0 Å². The zero-order valence-corrected chi connectivity index (χ0v) is 27.3. The van der Waals surface area contributed by atoms with E-state index in [1.807, 2.05) is 12.3 Å². The van der Waals surface area contributed by atoms with Gasteiger partial charge in [-0.05, 0) is 87.2 Å². The number of benzene rings is 5. The number of hydrogen-bond donors (Lipinski definition) is 0. The molecule has 1 aliphatic rings. The zero-order chi connectivity index (χ0) is 32.5. The largest absolute Gasteiger partial charge is 0.254 e. The van der Waals surface area contributed by atoms with Gasteiger partial charge in [-0.3, -0.25) is 4.98 Å². The van der Waals surface area contributed by atoms with Crippen LogP contribution < -0.4 is 0 Å². The number of pyridine rings is 2. The van der Waals surface area contributed by atoms with Crippen LogP contribution in [0.2, 0.25) is 0 Å². The van der Waals surface area contributed by atoms with Crippen molar-refractivity contribution in [3.8, 4) is 11.3 Å². The standard InChI is InChI=1S/C46H36N2/c1-3-5-15-31(4-2)40-30-41(32-16-8-6-9-17-32)44(43(40)33-18-10-7-11-19-33)39-27-26-38(36-21-12-13-22-37(36)39)42-28-25-35-24-23-34-20-14-29-47-45(34)46(35)48-42/h4-29H,3,30H2,1-2H3/b15-5-,31-4+. The van der Waals surface area contributed by atoms with Crippen molar-refractivity contribution in [1.82, 2.24) is 9.97 Å². The van der Waals surface area contributed by atoms with Crippen molar-refractivity contribution in [1.29, 1.82) is 0 Å². The quantitative estimate of drug-likeness (QED) is 0.131. The molecule has 0 atom stereocenters. The fourth-order valence-electron chi connectivity index (χ4n) is 7.24. The SMILES string of the molecule is C/C=C(\C=C/CC)C1=C(c2ccccc2)C(c2ccc(-c3ccc4ccc5cccnc5c4n3)c3ccccc23)=C(c2ccccc2)C1. The molecule has 0 spiro atoms. The molecule has 5 aromatic carbocycles. The van der Waals surface area contributed by atoms with Crippen LogP contribution in [-0.2, 0) is 0 Å². The van der Waals surface area contributed by atoms with Crippen LogP contribution in [0.25, 0.3) is 60.6 Å². The molecule has 0 bridgehead atoms. The van der Waals surface area contributed by atoms with Gasteiger partial charge in [-0.25, -0.2) is 4.98 Å². The predicted octanol–water partition coefficient (Wildman–Crippen LogP) is 12.3. The van der Waals surface area contributed by atoms with Crippen LogP contribution in [0.4, 0.5) is 0 Å². The highest BCUT2D eigenvalue weighted by Gasteiger charge is 2.30. The molecule has 2 heterocycles. The second-order valence-electron chi connectivity index (χ2n) is 12.3. The smallest absolute Gasteiger partial charge is 0.0972 e. The number of rotatable bonds is 7. The van der Waals surface area contributed by atoms with Gasteiger partial charge in [0.05, 0.1) is 16.7 Å². The molecule has 0 fully saturated rings. The summed E-state index contributed by atoms with van der Waals surface area (Å²) < 4.78 is 0. The molecule has 0 N–H and O–H groups in total. The van der Waals surface area contributed by atoms with Gasteiger partial charge in [-0.1, -0.05) is 146 Å². The summed E-state index contributed by atoms with van der Waals surface area (Å²) in [6.07, 6.45) is 10.5. The molecule has 7 aromatic rings. The van der Waals surface area contributed by atoms with E-state index >= 15 is 0 Å². The predicted molar refractivity (Wildman–Crippen MR) is 204 cm³/mol. The van der Waals surface area contributed by atoms with Crippen molar-refractivity contribution < 1.29 is 0 Å². The number of nitrogens with zero attached hydrogens (tertiary/aromatic N) is 2. The molecule has 48 heavy (non-hydrogen) atoms. The molecule has 2 nitrogen and oxygen atoms in total. The van der Waals surface area contributed by atoms with E-state index in [1.54, 1.807) is 0 Å². The molecule has 230 valence electrons. The van der Waals surface area contributed by atoms with E-state index in [0.717, 1.165) is 45.9 Å². The Balaban J connectivity index is 1.40. The Kier molecular flexibility index (Phi) is 7.84. The Bertz CT molecular complexity index is 2440. The maximum atomic E-state index is 5.25. The van der Waals surface area contributed by atoms with Crippen LogP contribution >= 0.6 is 0 Å². The van der Waals surface area contributed by atoms with E-state index in [9.17, 15) is 0 Å². The number of fused-ring (bicyclic) bond motifs is 4. The highest BCUT2D eigenvalue weighted by Crippen LogP contribution is 2.52. The first-order valence-electron chi connectivity index (χ1n) is 16.8. The van der Waals surface area contributed by atoms with Gasteiger partial charge >= 0.3 is 0 Å². The number of hydrogen-bond acceptors (Lipinski definition) is 2. The highest BCUT2D eigenvalue weighted by atomic mass is 14.8. The van der Waals surface area contributed by atoms with Crippen molar-refractivity contribution in [2.45, 2.75) is 26.7 Å². The molecule has 0 saturated heterocycles. The van der Waals surface area contributed by atoms with Crippen molar-refractivity contribution in [3.63, 3.8) is 0 Å². The van der Waals surface area contributed by atoms with Crippen molar-refractivity contribution in [2.75, 3.05) is 0 Å². The summed E-state index contributed by atoms with van der Waals surface area (Å²) in [6, 6.07) is 47.9. The molecule has 2 aromatic heterocycles. The number of aromatic nitrogens is 2. The Morgan fingerprint density at radius 2 is 1.27 bits per heavy atom. The van der Waals surface area contributed by atoms with Gasteiger partial charge in [-0.2, -0.15) is 0 Å². The van der Waals surface area contributed by atoms with E-state index in [4.69, 9.17) is 9.97 Å². The molecular weight excluding hydrogens is 581 g/mol. The van der Waals surface area contributed by atoms with E-state index in [1.165, 1.54) is 55.3 Å². The third-order valence-corrected chi connectivity index (χ3v) is 9.49. The van der Waals surface area contributed by atoms with E-state index < -0.39 is 0 Å². The average molecular weight is 617 g/mol. The first-order chi connectivity index (χ1) is 23.7. The second kappa shape index (κ2) is 12.7. The first-order valence-corrected chi connectivity index (χ1v) is 16.8. The molecule has 0 saturated carbocycles. The maximum Gasteiger partial charge on any atom is 0.0972 e. The van der Waals surface area contributed by atoms with E-state index in [2.05, 4.69) is 159 Å². The molecule has 0 aliphatic heterocycles. The fourth-order valence-corrected chi connectivity index (χ4v) is 7.24. The van der Waals surface area contributed by atoms with Gasteiger partial charge in [-0.15, -0.1) is 0 Å². The molecule has 8 rings (SSSR count). The lowest BCUT2D eigenvalue weighted by Gasteiger charge is -2.18. The third-order valence-electron chi connectivity index (χ3n) is 9.49. The second-order valence-corrected chi connectivity index (χ2v) is 12.3. The summed E-state index contributed by atoms with van der Waals surface area (Å²) in [4.78, 5) is 9.96. The van der Waals surface area contributed by atoms with Crippen LogP contribution in [0.15, 0.2) is 169 Å². The van der Waals surface area contributed by atoms with Crippen molar-refractivity contribution in [3.05, 3.63) is 186 Å². The van der Waals surface area contributed by atoms with Crippen LogP contribution in [0.5, 0.6) is 0 Å².